The molecule has 0 aliphatic carbocycles. The third-order valence-corrected chi connectivity index (χ3v) is 3.96. The SMILES string of the molecule is CC(=O)CNC(=O)[C@@H](CC(=O)Cc1ccc(Br)cc1)CC(C)C. The van der Waals surface area contributed by atoms with E-state index in [1.54, 1.807) is 0 Å². The van der Waals surface area contributed by atoms with E-state index < -0.39 is 0 Å². The van der Waals surface area contributed by atoms with Crippen LogP contribution < -0.4 is 5.32 Å². The fourth-order valence-electron chi connectivity index (χ4n) is 2.38. The Bertz CT molecular complexity index is 552. The van der Waals surface area contributed by atoms with Gasteiger partial charge in [0.25, 0.3) is 0 Å². The molecule has 0 saturated heterocycles. The quantitative estimate of drug-likeness (QED) is 0.713. The Morgan fingerprint density at radius 1 is 1.13 bits per heavy atom. The van der Waals surface area contributed by atoms with Crippen LogP contribution in [0.2, 0.25) is 0 Å². The van der Waals surface area contributed by atoms with Crippen LogP contribution in [0.25, 0.3) is 0 Å². The minimum absolute atomic E-state index is 0.0222. The Balaban J connectivity index is 2.64. The molecule has 1 rings (SSSR count). The molecule has 23 heavy (non-hydrogen) atoms. The van der Waals surface area contributed by atoms with E-state index in [1.807, 2.05) is 38.1 Å². The third-order valence-electron chi connectivity index (χ3n) is 3.43. The maximum Gasteiger partial charge on any atom is 0.223 e. The van der Waals surface area contributed by atoms with Crippen LogP contribution in [-0.2, 0) is 20.8 Å². The van der Waals surface area contributed by atoms with Crippen molar-refractivity contribution in [2.45, 2.75) is 40.0 Å². The van der Waals surface area contributed by atoms with Gasteiger partial charge in [0, 0.05) is 23.2 Å². The maximum atomic E-state index is 12.3. The smallest absolute Gasteiger partial charge is 0.223 e. The van der Waals surface area contributed by atoms with E-state index in [0.29, 0.717) is 18.8 Å². The van der Waals surface area contributed by atoms with E-state index in [2.05, 4.69) is 21.2 Å². The Labute approximate surface area is 146 Å². The fraction of sp³-hybridized carbons (Fsp3) is 0.500. The summed E-state index contributed by atoms with van der Waals surface area (Å²) < 4.78 is 0.968. The largest absolute Gasteiger partial charge is 0.349 e. The van der Waals surface area contributed by atoms with Gasteiger partial charge in [-0.2, -0.15) is 0 Å². The molecule has 0 heterocycles. The highest BCUT2D eigenvalue weighted by Crippen LogP contribution is 2.18. The molecule has 0 unspecified atom stereocenters. The highest BCUT2D eigenvalue weighted by atomic mass is 79.9. The van der Waals surface area contributed by atoms with Crippen LogP contribution in [0.3, 0.4) is 0 Å². The molecule has 0 radical (unpaired) electrons. The fourth-order valence-corrected chi connectivity index (χ4v) is 2.65. The lowest BCUT2D eigenvalue weighted by Gasteiger charge is -2.18. The number of hydrogen-bond donors (Lipinski definition) is 1. The van der Waals surface area contributed by atoms with Crippen molar-refractivity contribution < 1.29 is 14.4 Å². The zero-order valence-electron chi connectivity index (χ0n) is 13.9. The van der Waals surface area contributed by atoms with Gasteiger partial charge in [-0.15, -0.1) is 0 Å². The normalized spacial score (nSPS) is 12.0. The van der Waals surface area contributed by atoms with Crippen LogP contribution in [0, 0.1) is 11.8 Å². The van der Waals surface area contributed by atoms with Crippen LogP contribution in [0.4, 0.5) is 0 Å². The minimum atomic E-state index is -0.378. The number of hydrogen-bond acceptors (Lipinski definition) is 3. The topological polar surface area (TPSA) is 63.2 Å². The molecular formula is C18H24BrNO3. The maximum absolute atomic E-state index is 12.3. The zero-order chi connectivity index (χ0) is 17.4. The first-order valence-electron chi connectivity index (χ1n) is 7.81. The van der Waals surface area contributed by atoms with Crippen LogP contribution in [0.1, 0.15) is 39.2 Å². The van der Waals surface area contributed by atoms with Gasteiger partial charge in [-0.25, -0.2) is 0 Å². The second-order valence-corrected chi connectivity index (χ2v) is 7.21. The zero-order valence-corrected chi connectivity index (χ0v) is 15.5. The highest BCUT2D eigenvalue weighted by Gasteiger charge is 2.23. The van der Waals surface area contributed by atoms with Gasteiger partial charge in [-0.05, 0) is 37.0 Å². The second-order valence-electron chi connectivity index (χ2n) is 6.29. The third kappa shape index (κ3) is 8.07. The number of nitrogens with one attached hydrogen (secondary N) is 1. The molecule has 4 nitrogen and oxygen atoms in total. The summed E-state index contributed by atoms with van der Waals surface area (Å²) >= 11 is 3.36. The van der Waals surface area contributed by atoms with E-state index in [-0.39, 0.29) is 36.4 Å². The molecular weight excluding hydrogens is 358 g/mol. The number of halogens is 1. The van der Waals surface area contributed by atoms with E-state index in [1.165, 1.54) is 6.92 Å². The summed E-state index contributed by atoms with van der Waals surface area (Å²) in [5, 5.41) is 2.62. The summed E-state index contributed by atoms with van der Waals surface area (Å²) in [5.41, 5.74) is 0.936. The average Bonchev–Trinajstić information content (AvgIpc) is 2.46. The Morgan fingerprint density at radius 2 is 1.74 bits per heavy atom. The predicted molar refractivity (Wildman–Crippen MR) is 94.1 cm³/mol. The number of carbonyl (C=O) groups excluding carboxylic acids is 3. The van der Waals surface area contributed by atoms with Crippen LogP contribution in [0.5, 0.6) is 0 Å². The lowest BCUT2D eigenvalue weighted by atomic mass is 9.90. The summed E-state index contributed by atoms with van der Waals surface area (Å²) in [6.45, 7) is 5.49. The molecule has 0 aliphatic rings. The molecule has 1 aromatic rings. The van der Waals surface area contributed by atoms with Crippen molar-refractivity contribution in [1.82, 2.24) is 5.32 Å². The average molecular weight is 382 g/mol. The number of carbonyl (C=O) groups is 3. The minimum Gasteiger partial charge on any atom is -0.349 e. The monoisotopic (exact) mass is 381 g/mol. The van der Waals surface area contributed by atoms with Gasteiger partial charge >= 0.3 is 0 Å². The molecule has 0 aliphatic heterocycles. The first-order valence-corrected chi connectivity index (χ1v) is 8.60. The van der Waals surface area contributed by atoms with E-state index >= 15 is 0 Å². The summed E-state index contributed by atoms with van der Waals surface area (Å²) in [4.78, 5) is 35.5. The molecule has 0 saturated carbocycles. The molecule has 0 spiro atoms. The summed E-state index contributed by atoms with van der Waals surface area (Å²) in [6.07, 6.45) is 1.16. The van der Waals surface area contributed by atoms with Crippen LogP contribution >= 0.6 is 15.9 Å². The van der Waals surface area contributed by atoms with Gasteiger partial charge in [-0.3, -0.25) is 14.4 Å². The standard InChI is InChI=1S/C18H24BrNO3/c1-12(2)8-15(18(23)20-11-13(3)21)10-17(22)9-14-4-6-16(19)7-5-14/h4-7,12,15H,8-11H2,1-3H3,(H,20,23)/t15-/m1/s1. The second kappa shape index (κ2) is 9.60. The summed E-state index contributed by atoms with van der Waals surface area (Å²) in [7, 11) is 0. The first-order chi connectivity index (χ1) is 10.8. The van der Waals surface area contributed by atoms with Crippen molar-refractivity contribution in [2.75, 3.05) is 6.54 Å². The number of rotatable bonds is 9. The molecule has 126 valence electrons. The number of Topliss-reactive ketones (excluding diaryl/α,β-unsaturated/α-hetero) is 2. The lowest BCUT2D eigenvalue weighted by Crippen LogP contribution is -2.35. The summed E-state index contributed by atoms with van der Waals surface area (Å²) in [5.74, 6) is -0.335. The molecule has 1 atom stereocenters. The molecule has 1 N–H and O–H groups in total. The van der Waals surface area contributed by atoms with Gasteiger partial charge in [0.1, 0.15) is 11.6 Å². The Kier molecular flexibility index (Phi) is 8.17. The molecule has 1 amide bonds. The van der Waals surface area contributed by atoms with Crippen LogP contribution in [-0.4, -0.2) is 24.0 Å². The molecule has 0 bridgehead atoms. The number of amides is 1. The number of ketones is 2. The van der Waals surface area contributed by atoms with Crippen LogP contribution in [0.15, 0.2) is 28.7 Å². The predicted octanol–water partition coefficient (Wildman–Crippen LogP) is 3.32. The Hall–Kier alpha value is -1.49. The van der Waals surface area contributed by atoms with Gasteiger partial charge in [-0.1, -0.05) is 41.9 Å². The van der Waals surface area contributed by atoms with E-state index in [4.69, 9.17) is 0 Å². The molecule has 5 heteroatoms. The van der Waals surface area contributed by atoms with E-state index in [0.717, 1.165) is 10.0 Å². The van der Waals surface area contributed by atoms with Gasteiger partial charge in [0.15, 0.2) is 0 Å². The molecule has 0 aromatic heterocycles. The van der Waals surface area contributed by atoms with Gasteiger partial charge in [0.05, 0.1) is 6.54 Å². The first kappa shape index (κ1) is 19.6. The molecule has 0 fully saturated rings. The van der Waals surface area contributed by atoms with E-state index in [9.17, 15) is 14.4 Å². The van der Waals surface area contributed by atoms with Crippen molar-refractivity contribution in [2.24, 2.45) is 11.8 Å². The Morgan fingerprint density at radius 3 is 2.26 bits per heavy atom. The molecule has 1 aromatic carbocycles. The van der Waals surface area contributed by atoms with Crippen molar-refractivity contribution in [3.8, 4) is 0 Å². The van der Waals surface area contributed by atoms with Crippen molar-refractivity contribution in [3.63, 3.8) is 0 Å². The van der Waals surface area contributed by atoms with Gasteiger partial charge < -0.3 is 5.32 Å². The lowest BCUT2D eigenvalue weighted by molar-refractivity contribution is -0.130. The summed E-state index contributed by atoms with van der Waals surface area (Å²) in [6, 6.07) is 7.59. The van der Waals surface area contributed by atoms with Crippen molar-refractivity contribution in [3.05, 3.63) is 34.3 Å². The van der Waals surface area contributed by atoms with Crippen molar-refractivity contribution >= 4 is 33.4 Å². The number of benzene rings is 1. The van der Waals surface area contributed by atoms with Crippen molar-refractivity contribution in [1.29, 1.82) is 0 Å². The highest BCUT2D eigenvalue weighted by molar-refractivity contribution is 9.10. The van der Waals surface area contributed by atoms with Gasteiger partial charge in [0.2, 0.25) is 5.91 Å².